The molecular formula is C21H22N2O6S2. The van der Waals surface area contributed by atoms with Crippen LogP contribution in [0.3, 0.4) is 0 Å². The van der Waals surface area contributed by atoms with Gasteiger partial charge in [0, 0.05) is 0 Å². The number of oxazole rings is 1. The van der Waals surface area contributed by atoms with Crippen LogP contribution in [0.5, 0.6) is 0 Å². The molecule has 0 radical (unpaired) electrons. The zero-order valence-electron chi connectivity index (χ0n) is 17.5. The number of amides is 1. The second-order valence-corrected chi connectivity index (χ2v) is 8.71. The van der Waals surface area contributed by atoms with Gasteiger partial charge in [0.2, 0.25) is 5.91 Å². The number of thiophene rings is 1. The number of rotatable bonds is 8. The minimum Gasteiger partial charge on any atom is -0.462 e. The molecule has 3 aromatic rings. The van der Waals surface area contributed by atoms with E-state index in [1.807, 2.05) is 18.2 Å². The van der Waals surface area contributed by atoms with Crippen LogP contribution >= 0.6 is 23.1 Å². The van der Waals surface area contributed by atoms with E-state index in [2.05, 4.69) is 10.3 Å². The lowest BCUT2D eigenvalue weighted by Gasteiger charge is -2.10. The molecule has 0 saturated carbocycles. The molecule has 164 valence electrons. The summed E-state index contributed by atoms with van der Waals surface area (Å²) in [5, 5.41) is 2.78. The van der Waals surface area contributed by atoms with Gasteiger partial charge in [0.05, 0.1) is 24.0 Å². The third kappa shape index (κ3) is 5.08. The quantitative estimate of drug-likeness (QED) is 0.380. The number of para-hydroxylation sites is 2. The molecule has 8 nitrogen and oxygen atoms in total. The van der Waals surface area contributed by atoms with E-state index in [-0.39, 0.29) is 34.6 Å². The van der Waals surface area contributed by atoms with Gasteiger partial charge in [-0.3, -0.25) is 4.79 Å². The van der Waals surface area contributed by atoms with E-state index >= 15 is 0 Å². The van der Waals surface area contributed by atoms with E-state index in [0.29, 0.717) is 21.9 Å². The summed E-state index contributed by atoms with van der Waals surface area (Å²) < 4.78 is 15.8. The van der Waals surface area contributed by atoms with Gasteiger partial charge in [0.15, 0.2) is 5.58 Å². The van der Waals surface area contributed by atoms with Crippen molar-refractivity contribution in [3.05, 3.63) is 40.3 Å². The number of carbonyl (C=O) groups is 3. The summed E-state index contributed by atoms with van der Waals surface area (Å²) in [6.07, 6.45) is 0. The molecule has 0 aliphatic rings. The average molecular weight is 463 g/mol. The fourth-order valence-corrected chi connectivity index (χ4v) is 4.61. The van der Waals surface area contributed by atoms with Crippen LogP contribution in [0.2, 0.25) is 0 Å². The lowest BCUT2D eigenvalue weighted by molar-refractivity contribution is -0.115. The summed E-state index contributed by atoms with van der Waals surface area (Å²) >= 11 is 2.14. The highest BCUT2D eigenvalue weighted by Crippen LogP contribution is 2.35. The maximum absolute atomic E-state index is 12.8. The molecule has 1 unspecified atom stereocenters. The summed E-state index contributed by atoms with van der Waals surface area (Å²) in [6, 6.07) is 7.32. The van der Waals surface area contributed by atoms with Gasteiger partial charge in [0.1, 0.15) is 15.4 Å². The molecule has 0 fully saturated rings. The number of thioether (sulfide) groups is 1. The number of hydrogen-bond donors (Lipinski definition) is 1. The number of hydrogen-bond acceptors (Lipinski definition) is 9. The second kappa shape index (κ2) is 9.97. The number of nitrogens with one attached hydrogen (secondary N) is 1. The van der Waals surface area contributed by atoms with Crippen molar-refractivity contribution in [2.24, 2.45) is 0 Å². The van der Waals surface area contributed by atoms with Gasteiger partial charge in [-0.1, -0.05) is 23.9 Å². The molecule has 0 spiro atoms. The van der Waals surface area contributed by atoms with Crippen molar-refractivity contribution < 1.29 is 28.3 Å². The minimum absolute atomic E-state index is 0.155. The molecule has 0 bridgehead atoms. The van der Waals surface area contributed by atoms with Crippen LogP contribution in [-0.4, -0.2) is 41.3 Å². The van der Waals surface area contributed by atoms with Crippen molar-refractivity contribution >= 4 is 57.0 Å². The zero-order valence-corrected chi connectivity index (χ0v) is 19.1. The van der Waals surface area contributed by atoms with E-state index in [0.717, 1.165) is 23.1 Å². The Morgan fingerprint density at radius 2 is 1.84 bits per heavy atom. The van der Waals surface area contributed by atoms with Gasteiger partial charge in [0.25, 0.3) is 5.22 Å². The Bertz CT molecular complexity index is 1090. The maximum Gasteiger partial charge on any atom is 0.348 e. The highest BCUT2D eigenvalue weighted by molar-refractivity contribution is 8.00. The van der Waals surface area contributed by atoms with Crippen molar-refractivity contribution in [2.75, 3.05) is 18.5 Å². The van der Waals surface area contributed by atoms with E-state index in [1.54, 1.807) is 33.8 Å². The minimum atomic E-state index is -0.610. The predicted molar refractivity (Wildman–Crippen MR) is 119 cm³/mol. The summed E-state index contributed by atoms with van der Waals surface area (Å²) in [5.74, 6) is -1.53. The first-order valence-corrected chi connectivity index (χ1v) is 11.4. The normalized spacial score (nSPS) is 11.9. The number of fused-ring (bicyclic) bond motifs is 1. The van der Waals surface area contributed by atoms with Crippen molar-refractivity contribution in [3.8, 4) is 0 Å². The monoisotopic (exact) mass is 462 g/mol. The van der Waals surface area contributed by atoms with E-state index in [1.165, 1.54) is 0 Å². The molecule has 0 aliphatic carbocycles. The SMILES string of the molecule is CCOC(=O)c1sc(NC(=O)C(C)Sc2nc3ccccc3o2)c(C(=O)OCC)c1C. The van der Waals surface area contributed by atoms with Gasteiger partial charge in [-0.2, -0.15) is 0 Å². The lowest BCUT2D eigenvalue weighted by Crippen LogP contribution is -2.23. The molecule has 10 heteroatoms. The Kier molecular flexibility index (Phi) is 7.34. The van der Waals surface area contributed by atoms with Crippen molar-refractivity contribution in [2.45, 2.75) is 38.2 Å². The van der Waals surface area contributed by atoms with Gasteiger partial charge < -0.3 is 19.2 Å². The third-order valence-electron chi connectivity index (χ3n) is 4.24. The topological polar surface area (TPSA) is 108 Å². The summed E-state index contributed by atoms with van der Waals surface area (Å²) in [5.41, 5.74) is 1.91. The van der Waals surface area contributed by atoms with Crippen LogP contribution in [0, 0.1) is 6.92 Å². The van der Waals surface area contributed by atoms with Crippen molar-refractivity contribution in [1.29, 1.82) is 0 Å². The Morgan fingerprint density at radius 1 is 1.16 bits per heavy atom. The Labute approximate surface area is 187 Å². The summed E-state index contributed by atoms with van der Waals surface area (Å²) in [4.78, 5) is 42.2. The fraction of sp³-hybridized carbons (Fsp3) is 0.333. The van der Waals surface area contributed by atoms with Crippen LogP contribution in [0.25, 0.3) is 11.1 Å². The van der Waals surface area contributed by atoms with Gasteiger partial charge in [-0.15, -0.1) is 11.3 Å². The Hall–Kier alpha value is -2.85. The number of aromatic nitrogens is 1. The molecule has 1 amide bonds. The lowest BCUT2D eigenvalue weighted by atomic mass is 10.1. The fourth-order valence-electron chi connectivity index (χ4n) is 2.76. The molecule has 0 aliphatic heterocycles. The van der Waals surface area contributed by atoms with Crippen molar-refractivity contribution in [3.63, 3.8) is 0 Å². The highest BCUT2D eigenvalue weighted by Gasteiger charge is 2.28. The van der Waals surface area contributed by atoms with Crippen molar-refractivity contribution in [1.82, 2.24) is 4.98 Å². The molecule has 1 aromatic carbocycles. The van der Waals surface area contributed by atoms with E-state index < -0.39 is 17.2 Å². The van der Waals surface area contributed by atoms with Crippen LogP contribution in [-0.2, 0) is 14.3 Å². The number of ether oxygens (including phenoxy) is 2. The predicted octanol–water partition coefficient (Wildman–Crippen LogP) is 4.67. The first kappa shape index (κ1) is 22.8. The highest BCUT2D eigenvalue weighted by atomic mass is 32.2. The first-order valence-electron chi connectivity index (χ1n) is 9.66. The third-order valence-corrected chi connectivity index (χ3v) is 6.38. The Balaban J connectivity index is 1.81. The number of benzene rings is 1. The van der Waals surface area contributed by atoms with Gasteiger partial charge in [-0.25, -0.2) is 14.6 Å². The summed E-state index contributed by atoms with van der Waals surface area (Å²) in [6.45, 7) is 7.07. The molecule has 0 saturated heterocycles. The molecule has 3 rings (SSSR count). The average Bonchev–Trinajstić information content (AvgIpc) is 3.28. The van der Waals surface area contributed by atoms with Crippen LogP contribution in [0.1, 0.15) is 46.4 Å². The first-order chi connectivity index (χ1) is 14.8. The van der Waals surface area contributed by atoms with Crippen LogP contribution in [0.15, 0.2) is 33.9 Å². The van der Waals surface area contributed by atoms with Gasteiger partial charge in [-0.05, 0) is 45.4 Å². The Morgan fingerprint density at radius 3 is 2.52 bits per heavy atom. The number of nitrogens with zero attached hydrogens (tertiary/aromatic N) is 1. The number of carbonyl (C=O) groups excluding carboxylic acids is 3. The molecule has 2 heterocycles. The number of anilines is 1. The second-order valence-electron chi connectivity index (χ2n) is 6.40. The maximum atomic E-state index is 12.8. The van der Waals surface area contributed by atoms with Gasteiger partial charge >= 0.3 is 11.9 Å². The smallest absolute Gasteiger partial charge is 0.348 e. The zero-order chi connectivity index (χ0) is 22.5. The van der Waals surface area contributed by atoms with Crippen LogP contribution in [0.4, 0.5) is 5.00 Å². The molecule has 1 N–H and O–H groups in total. The molecule has 1 atom stereocenters. The standard InChI is InChI=1S/C21H22N2O6S2/c1-5-27-19(25)15-11(3)16(20(26)28-6-2)31-18(15)23-17(24)12(4)30-21-22-13-9-7-8-10-14(13)29-21/h7-10,12H,5-6H2,1-4H3,(H,23,24). The van der Waals surface area contributed by atoms with E-state index in [4.69, 9.17) is 13.9 Å². The molecule has 2 aromatic heterocycles. The molecule has 31 heavy (non-hydrogen) atoms. The molecular weight excluding hydrogens is 440 g/mol. The largest absolute Gasteiger partial charge is 0.462 e. The van der Waals surface area contributed by atoms with Crippen LogP contribution < -0.4 is 5.32 Å². The van der Waals surface area contributed by atoms with E-state index in [9.17, 15) is 14.4 Å². The summed E-state index contributed by atoms with van der Waals surface area (Å²) in [7, 11) is 0. The number of esters is 2.